The van der Waals surface area contributed by atoms with Crippen molar-refractivity contribution in [1.82, 2.24) is 4.90 Å². The van der Waals surface area contributed by atoms with Crippen molar-refractivity contribution in [1.29, 1.82) is 0 Å². The number of hydrogen-bond donors (Lipinski definition) is 1. The van der Waals surface area contributed by atoms with Crippen LogP contribution < -0.4 is 5.73 Å². The van der Waals surface area contributed by atoms with E-state index in [1.54, 1.807) is 4.90 Å². The van der Waals surface area contributed by atoms with Crippen LogP contribution in [0.15, 0.2) is 30.3 Å². The zero-order chi connectivity index (χ0) is 14.3. The fraction of sp³-hybridized carbons (Fsp3) is 0.533. The molecular weight excluding hydrogens is 240 g/mol. The number of rotatable bonds is 6. The number of nitrogens with two attached hydrogens (primary N) is 1. The summed E-state index contributed by atoms with van der Waals surface area (Å²) in [6, 6.07) is 9.89. The van der Waals surface area contributed by atoms with E-state index in [0.717, 1.165) is 5.56 Å². The van der Waals surface area contributed by atoms with E-state index in [1.165, 1.54) is 0 Å². The van der Waals surface area contributed by atoms with Gasteiger partial charge in [-0.2, -0.15) is 0 Å². The normalized spacial score (nSPS) is 11.4. The van der Waals surface area contributed by atoms with E-state index in [9.17, 15) is 4.79 Å². The molecule has 0 saturated carbocycles. The molecule has 19 heavy (non-hydrogen) atoms. The van der Waals surface area contributed by atoms with Crippen LogP contribution in [0.25, 0.3) is 0 Å². The maximum Gasteiger partial charge on any atom is 0.248 e. The SMILES string of the molecule is CC(C)(C)OCC(=O)N(CCN)Cc1ccccc1. The minimum Gasteiger partial charge on any atom is -0.366 e. The lowest BCUT2D eigenvalue weighted by atomic mass is 10.2. The maximum absolute atomic E-state index is 12.1. The molecule has 1 amide bonds. The lowest BCUT2D eigenvalue weighted by Gasteiger charge is -2.25. The molecule has 4 nitrogen and oxygen atoms in total. The Labute approximate surface area is 115 Å². The Morgan fingerprint density at radius 1 is 1.26 bits per heavy atom. The van der Waals surface area contributed by atoms with Gasteiger partial charge in [0.25, 0.3) is 0 Å². The van der Waals surface area contributed by atoms with Gasteiger partial charge >= 0.3 is 0 Å². The molecule has 0 atom stereocenters. The molecule has 0 heterocycles. The van der Waals surface area contributed by atoms with Gasteiger partial charge < -0.3 is 15.4 Å². The molecule has 1 aromatic rings. The van der Waals surface area contributed by atoms with E-state index in [2.05, 4.69) is 0 Å². The number of nitrogens with zero attached hydrogens (tertiary/aromatic N) is 1. The van der Waals surface area contributed by atoms with Crippen molar-refractivity contribution in [3.05, 3.63) is 35.9 Å². The second-order valence-corrected chi connectivity index (χ2v) is 5.49. The molecule has 1 aromatic carbocycles. The van der Waals surface area contributed by atoms with Crippen LogP contribution in [0.1, 0.15) is 26.3 Å². The highest BCUT2D eigenvalue weighted by Gasteiger charge is 2.17. The topological polar surface area (TPSA) is 55.6 Å². The van der Waals surface area contributed by atoms with Crippen molar-refractivity contribution in [2.75, 3.05) is 19.7 Å². The van der Waals surface area contributed by atoms with E-state index in [0.29, 0.717) is 19.6 Å². The monoisotopic (exact) mass is 264 g/mol. The summed E-state index contributed by atoms with van der Waals surface area (Å²) in [6.07, 6.45) is 0. The Balaban J connectivity index is 2.59. The first-order chi connectivity index (χ1) is 8.92. The van der Waals surface area contributed by atoms with Crippen molar-refractivity contribution < 1.29 is 9.53 Å². The van der Waals surface area contributed by atoms with Crippen molar-refractivity contribution in [3.8, 4) is 0 Å². The van der Waals surface area contributed by atoms with Gasteiger partial charge in [-0.15, -0.1) is 0 Å². The van der Waals surface area contributed by atoms with E-state index < -0.39 is 0 Å². The number of ether oxygens (including phenoxy) is 1. The molecule has 0 saturated heterocycles. The Bertz CT molecular complexity index is 385. The molecule has 0 aliphatic carbocycles. The standard InChI is InChI=1S/C15H24N2O2/c1-15(2,3)19-12-14(18)17(10-9-16)11-13-7-5-4-6-8-13/h4-8H,9-12,16H2,1-3H3. The van der Waals surface area contributed by atoms with Gasteiger partial charge in [-0.25, -0.2) is 0 Å². The summed E-state index contributed by atoms with van der Waals surface area (Å²) in [5.41, 5.74) is 6.36. The molecule has 0 spiro atoms. The van der Waals surface area contributed by atoms with Gasteiger partial charge in [0.05, 0.1) is 5.60 Å². The Hall–Kier alpha value is -1.39. The van der Waals surface area contributed by atoms with Crippen LogP contribution in [0, 0.1) is 0 Å². The summed E-state index contributed by atoms with van der Waals surface area (Å²) in [5, 5.41) is 0. The molecule has 0 aliphatic heterocycles. The minimum absolute atomic E-state index is 0.0239. The number of carbonyl (C=O) groups is 1. The largest absolute Gasteiger partial charge is 0.366 e. The molecule has 106 valence electrons. The molecule has 4 heteroatoms. The van der Waals surface area contributed by atoms with Crippen LogP contribution in [0.3, 0.4) is 0 Å². The molecule has 1 rings (SSSR count). The predicted molar refractivity (Wildman–Crippen MR) is 76.6 cm³/mol. The predicted octanol–water partition coefficient (Wildman–Crippen LogP) is 1.79. The zero-order valence-electron chi connectivity index (χ0n) is 12.1. The van der Waals surface area contributed by atoms with E-state index in [4.69, 9.17) is 10.5 Å². The fourth-order valence-electron chi connectivity index (χ4n) is 1.62. The van der Waals surface area contributed by atoms with Crippen molar-refractivity contribution in [2.45, 2.75) is 32.9 Å². The molecule has 0 radical (unpaired) electrons. The number of benzene rings is 1. The summed E-state index contributed by atoms with van der Waals surface area (Å²) in [6.45, 7) is 7.47. The number of amides is 1. The third-order valence-corrected chi connectivity index (χ3v) is 2.60. The number of carbonyl (C=O) groups excluding carboxylic acids is 1. The Morgan fingerprint density at radius 3 is 2.42 bits per heavy atom. The highest BCUT2D eigenvalue weighted by atomic mass is 16.5. The lowest BCUT2D eigenvalue weighted by molar-refractivity contribution is -0.141. The average Bonchev–Trinajstić information content (AvgIpc) is 2.36. The first-order valence-corrected chi connectivity index (χ1v) is 6.58. The van der Waals surface area contributed by atoms with Crippen molar-refractivity contribution in [3.63, 3.8) is 0 Å². The van der Waals surface area contributed by atoms with Crippen LogP contribution in [-0.4, -0.2) is 36.1 Å². The quantitative estimate of drug-likeness (QED) is 0.852. The van der Waals surface area contributed by atoms with Crippen molar-refractivity contribution >= 4 is 5.91 Å². The third kappa shape index (κ3) is 6.36. The zero-order valence-corrected chi connectivity index (χ0v) is 12.1. The second-order valence-electron chi connectivity index (χ2n) is 5.49. The van der Waals surface area contributed by atoms with Gasteiger partial charge in [0.2, 0.25) is 5.91 Å². The van der Waals surface area contributed by atoms with Crippen LogP contribution >= 0.6 is 0 Å². The fourth-order valence-corrected chi connectivity index (χ4v) is 1.62. The van der Waals surface area contributed by atoms with Crippen LogP contribution in [0.2, 0.25) is 0 Å². The Kier molecular flexibility index (Phi) is 5.99. The highest BCUT2D eigenvalue weighted by molar-refractivity contribution is 5.77. The van der Waals surface area contributed by atoms with Gasteiger partial charge in [0.15, 0.2) is 0 Å². The van der Waals surface area contributed by atoms with Gasteiger partial charge in [0.1, 0.15) is 6.61 Å². The lowest BCUT2D eigenvalue weighted by Crippen LogP contribution is -2.39. The molecule has 0 aliphatic rings. The molecule has 0 unspecified atom stereocenters. The first kappa shape index (κ1) is 15.7. The summed E-state index contributed by atoms with van der Waals surface area (Å²) in [7, 11) is 0. The smallest absolute Gasteiger partial charge is 0.248 e. The molecule has 2 N–H and O–H groups in total. The van der Waals surface area contributed by atoms with Crippen LogP contribution in [0.5, 0.6) is 0 Å². The summed E-state index contributed by atoms with van der Waals surface area (Å²) < 4.78 is 5.52. The minimum atomic E-state index is -0.309. The maximum atomic E-state index is 12.1. The third-order valence-electron chi connectivity index (χ3n) is 2.60. The Morgan fingerprint density at radius 2 is 1.89 bits per heavy atom. The second kappa shape index (κ2) is 7.26. The van der Waals surface area contributed by atoms with E-state index >= 15 is 0 Å². The molecule has 0 aromatic heterocycles. The molecule has 0 fully saturated rings. The summed E-state index contributed by atoms with van der Waals surface area (Å²) in [4.78, 5) is 13.9. The van der Waals surface area contributed by atoms with Gasteiger partial charge in [-0.05, 0) is 26.3 Å². The van der Waals surface area contributed by atoms with Crippen LogP contribution in [0.4, 0.5) is 0 Å². The first-order valence-electron chi connectivity index (χ1n) is 6.58. The van der Waals surface area contributed by atoms with E-state index in [1.807, 2.05) is 51.1 Å². The highest BCUT2D eigenvalue weighted by Crippen LogP contribution is 2.09. The van der Waals surface area contributed by atoms with Gasteiger partial charge in [-0.3, -0.25) is 4.79 Å². The molecular formula is C15H24N2O2. The average molecular weight is 264 g/mol. The van der Waals surface area contributed by atoms with E-state index in [-0.39, 0.29) is 18.1 Å². The summed E-state index contributed by atoms with van der Waals surface area (Å²) in [5.74, 6) is -0.0239. The van der Waals surface area contributed by atoms with Crippen LogP contribution in [-0.2, 0) is 16.1 Å². The molecule has 0 bridgehead atoms. The summed E-state index contributed by atoms with van der Waals surface area (Å²) >= 11 is 0. The van der Waals surface area contributed by atoms with Gasteiger partial charge in [-0.1, -0.05) is 30.3 Å². The van der Waals surface area contributed by atoms with Crippen molar-refractivity contribution in [2.24, 2.45) is 5.73 Å². The van der Waals surface area contributed by atoms with Gasteiger partial charge in [0, 0.05) is 19.6 Å². The number of hydrogen-bond acceptors (Lipinski definition) is 3.